The minimum atomic E-state index is -0.939. The number of aromatic nitrogens is 2. The molecule has 1 saturated heterocycles. The Kier molecular flexibility index (Phi) is 3.84. The van der Waals surface area contributed by atoms with E-state index in [1.807, 2.05) is 11.8 Å². The largest absolute Gasteiger partial charge is 0.481 e. The monoisotopic (exact) mass is 312 g/mol. The molecule has 1 N–H and O–H groups in total. The van der Waals surface area contributed by atoms with E-state index in [-0.39, 0.29) is 18.9 Å². The van der Waals surface area contributed by atoms with Crippen molar-refractivity contribution in [3.8, 4) is 0 Å². The van der Waals surface area contributed by atoms with Gasteiger partial charge in [0.15, 0.2) is 11.6 Å². The molecule has 1 aromatic carbocycles. The molecule has 1 unspecified atom stereocenters. The van der Waals surface area contributed by atoms with Crippen LogP contribution in [0.25, 0.3) is 11.0 Å². The fourth-order valence-electron chi connectivity index (χ4n) is 2.63. The third kappa shape index (κ3) is 2.74. The Balaban J connectivity index is 2.10. The van der Waals surface area contributed by atoms with Crippen LogP contribution in [0.15, 0.2) is 12.1 Å². The maximum atomic E-state index is 13.5. The number of hydrogen-bond acceptors (Lipinski definition) is 3. The highest BCUT2D eigenvalue weighted by molar-refractivity contribution is 7.99. The SMILES string of the molecule is O=C(O)CCn1c(C2CCSC2)nc2cc(F)c(F)cc21. The summed E-state index contributed by atoms with van der Waals surface area (Å²) in [7, 11) is 0. The molecular formula is C14H14F2N2O2S. The molecule has 0 bridgehead atoms. The van der Waals surface area contributed by atoms with Gasteiger partial charge >= 0.3 is 5.97 Å². The van der Waals surface area contributed by atoms with Gasteiger partial charge < -0.3 is 9.67 Å². The molecule has 21 heavy (non-hydrogen) atoms. The van der Waals surface area contributed by atoms with E-state index in [0.29, 0.717) is 11.0 Å². The van der Waals surface area contributed by atoms with Gasteiger partial charge in [0.25, 0.3) is 0 Å². The summed E-state index contributed by atoms with van der Waals surface area (Å²) >= 11 is 1.81. The lowest BCUT2D eigenvalue weighted by Gasteiger charge is -2.12. The summed E-state index contributed by atoms with van der Waals surface area (Å²) in [5.41, 5.74) is 0.841. The number of fused-ring (bicyclic) bond motifs is 1. The van der Waals surface area contributed by atoms with Crippen molar-refractivity contribution in [2.45, 2.75) is 25.3 Å². The quantitative estimate of drug-likeness (QED) is 0.943. The van der Waals surface area contributed by atoms with E-state index >= 15 is 0 Å². The second-order valence-corrected chi connectivity index (χ2v) is 6.23. The van der Waals surface area contributed by atoms with E-state index < -0.39 is 17.6 Å². The van der Waals surface area contributed by atoms with Crippen LogP contribution in [0, 0.1) is 11.6 Å². The molecule has 1 aliphatic heterocycles. The van der Waals surface area contributed by atoms with Crippen LogP contribution in [0.2, 0.25) is 0 Å². The van der Waals surface area contributed by atoms with E-state index in [9.17, 15) is 13.6 Å². The molecule has 2 aromatic rings. The highest BCUT2D eigenvalue weighted by Crippen LogP contribution is 2.34. The molecule has 3 rings (SSSR count). The summed E-state index contributed by atoms with van der Waals surface area (Å²) in [5.74, 6) is 0.0791. The fourth-order valence-corrected chi connectivity index (χ4v) is 3.85. The first-order valence-electron chi connectivity index (χ1n) is 6.71. The zero-order valence-electron chi connectivity index (χ0n) is 11.2. The number of aliphatic carboxylic acids is 1. The molecule has 112 valence electrons. The first-order chi connectivity index (χ1) is 10.1. The van der Waals surface area contributed by atoms with Crippen LogP contribution in [0.3, 0.4) is 0 Å². The molecule has 7 heteroatoms. The molecule has 1 fully saturated rings. The summed E-state index contributed by atoms with van der Waals surface area (Å²) in [6.07, 6.45) is 0.878. The maximum absolute atomic E-state index is 13.5. The zero-order valence-corrected chi connectivity index (χ0v) is 12.0. The van der Waals surface area contributed by atoms with Gasteiger partial charge in [0, 0.05) is 30.3 Å². The van der Waals surface area contributed by atoms with Crippen LogP contribution >= 0.6 is 11.8 Å². The van der Waals surface area contributed by atoms with Crippen LogP contribution in [-0.2, 0) is 11.3 Å². The summed E-state index contributed by atoms with van der Waals surface area (Å²) in [6, 6.07) is 2.18. The van der Waals surface area contributed by atoms with Crippen LogP contribution in [0.4, 0.5) is 8.78 Å². The molecule has 0 radical (unpaired) electrons. The molecule has 2 heterocycles. The van der Waals surface area contributed by atoms with Crippen LogP contribution < -0.4 is 0 Å². The maximum Gasteiger partial charge on any atom is 0.305 e. The number of halogens is 2. The highest BCUT2D eigenvalue weighted by atomic mass is 32.2. The molecule has 1 aromatic heterocycles. The minimum absolute atomic E-state index is 0.0721. The Morgan fingerprint density at radius 2 is 2.19 bits per heavy atom. The van der Waals surface area contributed by atoms with E-state index in [1.54, 1.807) is 4.57 Å². The number of carboxylic acids is 1. The van der Waals surface area contributed by atoms with Crippen molar-refractivity contribution in [3.63, 3.8) is 0 Å². The number of imidazole rings is 1. The van der Waals surface area contributed by atoms with Crippen molar-refractivity contribution in [2.24, 2.45) is 0 Å². The molecule has 1 atom stereocenters. The number of rotatable bonds is 4. The van der Waals surface area contributed by atoms with Crippen molar-refractivity contribution >= 4 is 28.8 Å². The number of nitrogens with zero attached hydrogens (tertiary/aromatic N) is 2. The lowest BCUT2D eigenvalue weighted by atomic mass is 10.1. The molecule has 0 spiro atoms. The Morgan fingerprint density at radius 3 is 2.86 bits per heavy atom. The molecule has 1 aliphatic rings. The second-order valence-electron chi connectivity index (χ2n) is 5.08. The first kappa shape index (κ1) is 14.3. The van der Waals surface area contributed by atoms with Crippen LogP contribution in [0.5, 0.6) is 0 Å². The number of carbonyl (C=O) groups is 1. The summed E-state index contributed by atoms with van der Waals surface area (Å²) < 4.78 is 28.6. The minimum Gasteiger partial charge on any atom is -0.481 e. The van der Waals surface area contributed by atoms with Gasteiger partial charge in [-0.15, -0.1) is 0 Å². The van der Waals surface area contributed by atoms with Crippen molar-refractivity contribution in [3.05, 3.63) is 29.6 Å². The predicted octanol–water partition coefficient (Wildman–Crippen LogP) is 3.01. The van der Waals surface area contributed by atoms with Crippen molar-refractivity contribution in [1.82, 2.24) is 9.55 Å². The smallest absolute Gasteiger partial charge is 0.305 e. The second kappa shape index (κ2) is 5.63. The van der Waals surface area contributed by atoms with Gasteiger partial charge in [0.2, 0.25) is 0 Å². The van der Waals surface area contributed by atoms with Gasteiger partial charge in [-0.2, -0.15) is 11.8 Å². The van der Waals surface area contributed by atoms with E-state index in [1.165, 1.54) is 0 Å². The fraction of sp³-hybridized carbons (Fsp3) is 0.429. The molecular weight excluding hydrogens is 298 g/mol. The zero-order chi connectivity index (χ0) is 15.0. The summed E-state index contributed by atoms with van der Waals surface area (Å²) in [4.78, 5) is 15.2. The van der Waals surface area contributed by atoms with Gasteiger partial charge in [0.05, 0.1) is 17.5 Å². The lowest BCUT2D eigenvalue weighted by Crippen LogP contribution is -2.11. The average Bonchev–Trinajstić information content (AvgIpc) is 3.04. The number of thioether (sulfide) groups is 1. The third-order valence-corrected chi connectivity index (χ3v) is 4.83. The van der Waals surface area contributed by atoms with Gasteiger partial charge in [-0.3, -0.25) is 4.79 Å². The summed E-state index contributed by atoms with van der Waals surface area (Å²) in [5, 5.41) is 8.87. The van der Waals surface area contributed by atoms with Crippen LogP contribution in [-0.4, -0.2) is 32.1 Å². The van der Waals surface area contributed by atoms with Crippen molar-refractivity contribution < 1.29 is 18.7 Å². The summed E-state index contributed by atoms with van der Waals surface area (Å²) in [6.45, 7) is 0.216. The van der Waals surface area contributed by atoms with Gasteiger partial charge in [-0.05, 0) is 12.2 Å². The molecule has 0 amide bonds. The van der Waals surface area contributed by atoms with Crippen molar-refractivity contribution in [1.29, 1.82) is 0 Å². The van der Waals surface area contributed by atoms with Crippen LogP contribution in [0.1, 0.15) is 24.6 Å². The Labute approximate surface area is 124 Å². The van der Waals surface area contributed by atoms with Gasteiger partial charge in [-0.25, -0.2) is 13.8 Å². The van der Waals surface area contributed by atoms with Gasteiger partial charge in [0.1, 0.15) is 5.82 Å². The number of carboxylic acid groups (broad SMARTS) is 1. The van der Waals surface area contributed by atoms with E-state index in [2.05, 4.69) is 4.98 Å². The van der Waals surface area contributed by atoms with E-state index in [4.69, 9.17) is 5.11 Å². The number of benzene rings is 1. The Bertz CT molecular complexity index is 696. The number of aryl methyl sites for hydroxylation is 1. The lowest BCUT2D eigenvalue weighted by molar-refractivity contribution is -0.137. The van der Waals surface area contributed by atoms with E-state index in [0.717, 1.165) is 35.9 Å². The molecule has 4 nitrogen and oxygen atoms in total. The predicted molar refractivity (Wildman–Crippen MR) is 76.6 cm³/mol. The first-order valence-corrected chi connectivity index (χ1v) is 7.86. The topological polar surface area (TPSA) is 55.1 Å². The Morgan fingerprint density at radius 1 is 1.43 bits per heavy atom. The molecule has 0 saturated carbocycles. The Hall–Kier alpha value is -1.63. The van der Waals surface area contributed by atoms with Crippen molar-refractivity contribution in [2.75, 3.05) is 11.5 Å². The third-order valence-electron chi connectivity index (χ3n) is 3.66. The average molecular weight is 312 g/mol. The number of hydrogen-bond donors (Lipinski definition) is 1. The standard InChI is InChI=1S/C14H14F2N2O2S/c15-9-5-11-12(6-10(9)16)18(3-1-13(19)20)14(17-11)8-2-4-21-7-8/h5-6,8H,1-4,7H2,(H,19,20). The normalized spacial score (nSPS) is 18.5. The molecule has 0 aliphatic carbocycles. The van der Waals surface area contributed by atoms with Gasteiger partial charge in [-0.1, -0.05) is 0 Å². The highest BCUT2D eigenvalue weighted by Gasteiger charge is 2.25.